The molecular formula is C13H20F2N2O2S. The predicted molar refractivity (Wildman–Crippen MR) is 75.4 cm³/mol. The van der Waals surface area contributed by atoms with E-state index in [1.54, 1.807) is 13.0 Å². The standard InChI is InChI=1S/C13H20F2N2O2S/c1-4-9-6-11(16)10(5-2)12(7-9)20(18,19)17(3)8-13(14)15/h6-7,13H,4-5,8,16H2,1-3H3. The summed E-state index contributed by atoms with van der Waals surface area (Å²) in [6.45, 7) is 2.82. The van der Waals surface area contributed by atoms with Crippen LogP contribution in [0.2, 0.25) is 0 Å². The number of alkyl halides is 2. The summed E-state index contributed by atoms with van der Waals surface area (Å²) in [6.07, 6.45) is -1.67. The van der Waals surface area contributed by atoms with Gasteiger partial charge in [0.25, 0.3) is 6.43 Å². The first kappa shape index (κ1) is 16.8. The van der Waals surface area contributed by atoms with E-state index in [1.165, 1.54) is 6.07 Å². The lowest BCUT2D eigenvalue weighted by atomic mass is 10.1. The Bertz CT molecular complexity index is 574. The summed E-state index contributed by atoms with van der Waals surface area (Å²) in [5.41, 5.74) is 7.50. The Hall–Kier alpha value is -1.21. The molecule has 0 heterocycles. The molecule has 0 aromatic heterocycles. The first-order chi connectivity index (χ1) is 9.23. The van der Waals surface area contributed by atoms with Gasteiger partial charge in [0.05, 0.1) is 11.4 Å². The van der Waals surface area contributed by atoms with Crippen LogP contribution in [0.5, 0.6) is 0 Å². The number of halogens is 2. The average Bonchev–Trinajstić information content (AvgIpc) is 2.36. The second-order valence-electron chi connectivity index (χ2n) is 4.55. The predicted octanol–water partition coefficient (Wildman–Crippen LogP) is 2.28. The van der Waals surface area contributed by atoms with E-state index in [0.29, 0.717) is 28.4 Å². The molecule has 0 saturated carbocycles. The van der Waals surface area contributed by atoms with Crippen molar-refractivity contribution in [2.75, 3.05) is 19.3 Å². The maximum absolute atomic E-state index is 12.4. The Kier molecular flexibility index (Phi) is 5.47. The number of hydrogen-bond donors (Lipinski definition) is 1. The van der Waals surface area contributed by atoms with E-state index in [1.807, 2.05) is 6.92 Å². The molecule has 4 nitrogen and oxygen atoms in total. The number of rotatable bonds is 6. The van der Waals surface area contributed by atoms with E-state index in [4.69, 9.17) is 5.73 Å². The minimum Gasteiger partial charge on any atom is -0.398 e. The first-order valence-corrected chi connectivity index (χ1v) is 7.83. The van der Waals surface area contributed by atoms with E-state index in [9.17, 15) is 17.2 Å². The summed E-state index contributed by atoms with van der Waals surface area (Å²) in [5.74, 6) is 0. The highest BCUT2D eigenvalue weighted by Gasteiger charge is 2.27. The molecule has 2 N–H and O–H groups in total. The first-order valence-electron chi connectivity index (χ1n) is 6.39. The summed E-state index contributed by atoms with van der Waals surface area (Å²) in [4.78, 5) is 0.0278. The van der Waals surface area contributed by atoms with Crippen molar-refractivity contribution in [1.82, 2.24) is 4.31 Å². The van der Waals surface area contributed by atoms with Crippen LogP contribution >= 0.6 is 0 Å². The third-order valence-electron chi connectivity index (χ3n) is 3.15. The Morgan fingerprint density at radius 3 is 2.30 bits per heavy atom. The van der Waals surface area contributed by atoms with Gasteiger partial charge >= 0.3 is 0 Å². The molecular weight excluding hydrogens is 286 g/mol. The molecule has 0 saturated heterocycles. The zero-order valence-electron chi connectivity index (χ0n) is 11.9. The highest BCUT2D eigenvalue weighted by atomic mass is 32.2. The maximum Gasteiger partial charge on any atom is 0.252 e. The Morgan fingerprint density at radius 1 is 1.25 bits per heavy atom. The van der Waals surface area contributed by atoms with Gasteiger partial charge in [-0.25, -0.2) is 17.2 Å². The van der Waals surface area contributed by atoms with Gasteiger partial charge in [0.1, 0.15) is 0 Å². The molecule has 0 atom stereocenters. The summed E-state index contributed by atoms with van der Waals surface area (Å²) in [5, 5.41) is 0. The van der Waals surface area contributed by atoms with Crippen molar-refractivity contribution in [3.05, 3.63) is 23.3 Å². The smallest absolute Gasteiger partial charge is 0.252 e. The molecule has 114 valence electrons. The minimum absolute atomic E-state index is 0.0278. The summed E-state index contributed by atoms with van der Waals surface area (Å²) >= 11 is 0. The highest BCUT2D eigenvalue weighted by Crippen LogP contribution is 2.27. The molecule has 0 unspecified atom stereocenters. The lowest BCUT2D eigenvalue weighted by Crippen LogP contribution is -2.32. The van der Waals surface area contributed by atoms with Crippen molar-refractivity contribution in [2.24, 2.45) is 0 Å². The van der Waals surface area contributed by atoms with Gasteiger partial charge in [0, 0.05) is 12.7 Å². The second kappa shape index (κ2) is 6.49. The van der Waals surface area contributed by atoms with Gasteiger partial charge in [-0.2, -0.15) is 4.31 Å². The molecule has 1 aromatic rings. The second-order valence-corrected chi connectivity index (χ2v) is 6.56. The lowest BCUT2D eigenvalue weighted by Gasteiger charge is -2.20. The number of nitrogens with two attached hydrogens (primary N) is 1. The van der Waals surface area contributed by atoms with Crippen molar-refractivity contribution < 1.29 is 17.2 Å². The van der Waals surface area contributed by atoms with Crippen molar-refractivity contribution >= 4 is 15.7 Å². The fourth-order valence-electron chi connectivity index (χ4n) is 2.00. The average molecular weight is 306 g/mol. The van der Waals surface area contributed by atoms with E-state index in [-0.39, 0.29) is 4.90 Å². The minimum atomic E-state index is -3.96. The van der Waals surface area contributed by atoms with Crippen LogP contribution in [-0.2, 0) is 22.9 Å². The van der Waals surface area contributed by atoms with Crippen LogP contribution in [0.4, 0.5) is 14.5 Å². The van der Waals surface area contributed by atoms with Gasteiger partial charge in [-0.05, 0) is 36.1 Å². The molecule has 7 heteroatoms. The van der Waals surface area contributed by atoms with Crippen molar-refractivity contribution in [1.29, 1.82) is 0 Å². The highest BCUT2D eigenvalue weighted by molar-refractivity contribution is 7.89. The summed E-state index contributed by atoms with van der Waals surface area (Å²) in [7, 11) is -2.81. The molecule has 0 bridgehead atoms. The maximum atomic E-state index is 12.4. The third-order valence-corrected chi connectivity index (χ3v) is 5.04. The van der Waals surface area contributed by atoms with E-state index >= 15 is 0 Å². The molecule has 1 rings (SSSR count). The van der Waals surface area contributed by atoms with Crippen LogP contribution in [0.15, 0.2) is 17.0 Å². The zero-order valence-corrected chi connectivity index (χ0v) is 12.7. The fraction of sp³-hybridized carbons (Fsp3) is 0.538. The molecule has 0 aliphatic rings. The van der Waals surface area contributed by atoms with Crippen molar-refractivity contribution in [3.8, 4) is 0 Å². The number of benzene rings is 1. The number of nitrogens with zero attached hydrogens (tertiary/aromatic N) is 1. The van der Waals surface area contributed by atoms with Crippen molar-refractivity contribution in [2.45, 2.75) is 38.0 Å². The van der Waals surface area contributed by atoms with E-state index < -0.39 is 23.0 Å². The molecule has 0 aliphatic carbocycles. The fourth-order valence-corrected chi connectivity index (χ4v) is 3.52. The number of sulfonamides is 1. The normalized spacial score (nSPS) is 12.3. The molecule has 20 heavy (non-hydrogen) atoms. The third kappa shape index (κ3) is 3.46. The van der Waals surface area contributed by atoms with E-state index in [0.717, 1.165) is 12.6 Å². The molecule has 0 radical (unpaired) electrons. The number of aryl methyl sites for hydroxylation is 1. The largest absolute Gasteiger partial charge is 0.398 e. The molecule has 1 aromatic carbocycles. The van der Waals surface area contributed by atoms with Gasteiger partial charge in [0.15, 0.2) is 0 Å². The van der Waals surface area contributed by atoms with Crippen LogP contribution in [0.25, 0.3) is 0 Å². The Morgan fingerprint density at radius 2 is 1.85 bits per heavy atom. The van der Waals surface area contributed by atoms with Gasteiger partial charge in [-0.15, -0.1) is 0 Å². The molecule has 0 amide bonds. The van der Waals surface area contributed by atoms with Crippen LogP contribution < -0.4 is 5.73 Å². The number of nitrogen functional groups attached to an aromatic ring is 1. The molecule has 0 fully saturated rings. The Balaban J connectivity index is 3.39. The lowest BCUT2D eigenvalue weighted by molar-refractivity contribution is 0.126. The number of hydrogen-bond acceptors (Lipinski definition) is 3. The van der Waals surface area contributed by atoms with Crippen LogP contribution in [-0.4, -0.2) is 32.7 Å². The van der Waals surface area contributed by atoms with Gasteiger partial charge in [0.2, 0.25) is 10.0 Å². The Labute approximate surface area is 118 Å². The number of anilines is 1. The SMILES string of the molecule is CCc1cc(N)c(CC)c(S(=O)(=O)N(C)CC(F)F)c1. The monoisotopic (exact) mass is 306 g/mol. The van der Waals surface area contributed by atoms with E-state index in [2.05, 4.69) is 0 Å². The van der Waals surface area contributed by atoms with Gasteiger partial charge in [-0.3, -0.25) is 0 Å². The summed E-state index contributed by atoms with van der Waals surface area (Å²) in [6, 6.07) is 3.25. The van der Waals surface area contributed by atoms with Crippen molar-refractivity contribution in [3.63, 3.8) is 0 Å². The zero-order chi connectivity index (χ0) is 15.5. The molecule has 0 aliphatic heterocycles. The quantitative estimate of drug-likeness (QED) is 0.820. The van der Waals surface area contributed by atoms with Crippen LogP contribution in [0, 0.1) is 0 Å². The van der Waals surface area contributed by atoms with Gasteiger partial charge < -0.3 is 5.73 Å². The van der Waals surface area contributed by atoms with Crippen LogP contribution in [0.3, 0.4) is 0 Å². The van der Waals surface area contributed by atoms with Crippen LogP contribution in [0.1, 0.15) is 25.0 Å². The molecule has 0 spiro atoms. The summed E-state index contributed by atoms with van der Waals surface area (Å²) < 4.78 is 50.3. The topological polar surface area (TPSA) is 63.4 Å². The van der Waals surface area contributed by atoms with Gasteiger partial charge in [-0.1, -0.05) is 13.8 Å².